The molecule has 180 valence electrons. The molecule has 0 bridgehead atoms. The van der Waals surface area contributed by atoms with Gasteiger partial charge in [0.15, 0.2) is 17.5 Å². The Bertz CT molecular complexity index is 671. The molecule has 2 aliphatic carbocycles. The predicted octanol–water partition coefficient (Wildman–Crippen LogP) is 9.88. The van der Waals surface area contributed by atoms with Gasteiger partial charge in [0.05, 0.1) is 0 Å². The summed E-state index contributed by atoms with van der Waals surface area (Å²) in [6.07, 6.45) is 25.5. The van der Waals surface area contributed by atoms with Crippen molar-refractivity contribution >= 4 is 0 Å². The summed E-state index contributed by atoms with van der Waals surface area (Å²) in [7, 11) is 0. The fourth-order valence-electron chi connectivity index (χ4n) is 5.83. The molecule has 2 aliphatic rings. The standard InChI is InChI=1S/C29H43F3/c1-2-3-4-5-6-7-8-9-22-10-12-23(13-11-22)14-15-24-16-18-25(19-17-24)26-20-27(30)29(32)28(31)21-26/h14-15,20-25H,2-13,16-19H2,1H3/t22-,23-,24-,25-. The van der Waals surface area contributed by atoms with Crippen molar-refractivity contribution in [2.45, 2.75) is 116 Å². The van der Waals surface area contributed by atoms with Crippen LogP contribution in [0.2, 0.25) is 0 Å². The van der Waals surface area contributed by atoms with Gasteiger partial charge in [0.2, 0.25) is 0 Å². The fourth-order valence-corrected chi connectivity index (χ4v) is 5.83. The maximum atomic E-state index is 13.5. The first-order valence-electron chi connectivity index (χ1n) is 13.4. The van der Waals surface area contributed by atoms with Gasteiger partial charge in [-0.2, -0.15) is 0 Å². The van der Waals surface area contributed by atoms with Crippen LogP contribution in [0.3, 0.4) is 0 Å². The van der Waals surface area contributed by atoms with Crippen LogP contribution in [0.15, 0.2) is 24.3 Å². The van der Waals surface area contributed by atoms with E-state index in [1.54, 1.807) is 0 Å². The third-order valence-corrected chi connectivity index (χ3v) is 8.01. The molecule has 0 saturated heterocycles. The summed E-state index contributed by atoms with van der Waals surface area (Å²) in [4.78, 5) is 0. The SMILES string of the molecule is CCCCCCCCC[C@H]1CC[C@H](C=C[C@H]2CC[C@H](c3cc(F)c(F)c(F)c3)CC2)CC1. The van der Waals surface area contributed by atoms with Gasteiger partial charge < -0.3 is 0 Å². The van der Waals surface area contributed by atoms with Gasteiger partial charge >= 0.3 is 0 Å². The van der Waals surface area contributed by atoms with Crippen molar-refractivity contribution in [1.29, 1.82) is 0 Å². The van der Waals surface area contributed by atoms with Crippen molar-refractivity contribution < 1.29 is 13.2 Å². The first-order chi connectivity index (χ1) is 15.6. The second-order valence-corrected chi connectivity index (χ2v) is 10.5. The number of allylic oxidation sites excluding steroid dienone is 2. The van der Waals surface area contributed by atoms with Gasteiger partial charge in [-0.25, -0.2) is 13.2 Å². The molecular weight excluding hydrogens is 405 g/mol. The molecule has 2 saturated carbocycles. The second kappa shape index (κ2) is 13.5. The Kier molecular flexibility index (Phi) is 10.7. The first-order valence-corrected chi connectivity index (χ1v) is 13.4. The van der Waals surface area contributed by atoms with E-state index in [1.807, 2.05) is 0 Å². The van der Waals surface area contributed by atoms with Crippen LogP contribution < -0.4 is 0 Å². The number of unbranched alkanes of at least 4 members (excludes halogenated alkanes) is 6. The zero-order valence-corrected chi connectivity index (χ0v) is 20.1. The zero-order chi connectivity index (χ0) is 22.8. The smallest absolute Gasteiger partial charge is 0.194 e. The quantitative estimate of drug-likeness (QED) is 0.179. The molecule has 0 amide bonds. The van der Waals surface area contributed by atoms with Gasteiger partial charge in [-0.1, -0.05) is 70.4 Å². The lowest BCUT2D eigenvalue weighted by atomic mass is 9.76. The van der Waals surface area contributed by atoms with Crippen molar-refractivity contribution in [2.75, 3.05) is 0 Å². The largest absolute Gasteiger partial charge is 0.204 e. The number of rotatable bonds is 11. The Balaban J connectivity index is 1.30. The molecule has 32 heavy (non-hydrogen) atoms. The maximum absolute atomic E-state index is 13.5. The molecule has 0 atom stereocenters. The van der Waals surface area contributed by atoms with E-state index in [4.69, 9.17) is 0 Å². The van der Waals surface area contributed by atoms with E-state index in [1.165, 1.54) is 89.2 Å². The minimum atomic E-state index is -1.36. The molecule has 3 heteroatoms. The molecule has 0 aliphatic heterocycles. The van der Waals surface area contributed by atoms with Crippen LogP contribution in [0, 0.1) is 35.2 Å². The van der Waals surface area contributed by atoms with Crippen LogP contribution in [0.25, 0.3) is 0 Å². The Morgan fingerprint density at radius 3 is 1.75 bits per heavy atom. The Labute approximate surface area is 194 Å². The van der Waals surface area contributed by atoms with Gasteiger partial charge in [0.25, 0.3) is 0 Å². The average molecular weight is 449 g/mol. The van der Waals surface area contributed by atoms with Crippen LogP contribution in [0.1, 0.15) is 121 Å². The molecule has 3 rings (SSSR count). The molecule has 0 aromatic heterocycles. The Morgan fingerprint density at radius 2 is 1.19 bits per heavy atom. The third kappa shape index (κ3) is 7.96. The molecule has 0 unspecified atom stereocenters. The van der Waals surface area contributed by atoms with Crippen LogP contribution in [-0.4, -0.2) is 0 Å². The highest BCUT2D eigenvalue weighted by molar-refractivity contribution is 5.23. The topological polar surface area (TPSA) is 0 Å². The van der Waals surface area contributed by atoms with E-state index < -0.39 is 17.5 Å². The monoisotopic (exact) mass is 448 g/mol. The Morgan fingerprint density at radius 1 is 0.688 bits per heavy atom. The summed E-state index contributed by atoms with van der Waals surface area (Å²) >= 11 is 0. The van der Waals surface area contributed by atoms with E-state index >= 15 is 0 Å². The summed E-state index contributed by atoms with van der Waals surface area (Å²) in [5.74, 6) is -1.09. The number of hydrogen-bond acceptors (Lipinski definition) is 0. The minimum absolute atomic E-state index is 0.145. The molecule has 1 aromatic carbocycles. The van der Waals surface area contributed by atoms with Crippen LogP contribution in [0.5, 0.6) is 0 Å². The second-order valence-electron chi connectivity index (χ2n) is 10.5. The third-order valence-electron chi connectivity index (χ3n) is 8.01. The van der Waals surface area contributed by atoms with E-state index in [2.05, 4.69) is 19.1 Å². The highest BCUT2D eigenvalue weighted by atomic mass is 19.2. The molecule has 0 N–H and O–H groups in total. The number of halogens is 3. The molecule has 2 fully saturated rings. The minimum Gasteiger partial charge on any atom is -0.204 e. The van der Waals surface area contributed by atoms with Crippen LogP contribution >= 0.6 is 0 Å². The summed E-state index contributed by atoms with van der Waals surface area (Å²) in [6, 6.07) is 2.37. The predicted molar refractivity (Wildman–Crippen MR) is 128 cm³/mol. The van der Waals surface area contributed by atoms with Crippen molar-refractivity contribution in [3.63, 3.8) is 0 Å². The van der Waals surface area contributed by atoms with Gasteiger partial charge in [0, 0.05) is 0 Å². The molecule has 1 aromatic rings. The van der Waals surface area contributed by atoms with E-state index in [-0.39, 0.29) is 5.92 Å². The van der Waals surface area contributed by atoms with E-state index in [0.29, 0.717) is 11.5 Å². The number of hydrogen-bond donors (Lipinski definition) is 0. The zero-order valence-electron chi connectivity index (χ0n) is 20.1. The van der Waals surface area contributed by atoms with Crippen LogP contribution in [-0.2, 0) is 0 Å². The highest BCUT2D eigenvalue weighted by Crippen LogP contribution is 2.38. The van der Waals surface area contributed by atoms with E-state index in [9.17, 15) is 13.2 Å². The average Bonchev–Trinajstić information content (AvgIpc) is 2.81. The lowest BCUT2D eigenvalue weighted by Crippen LogP contribution is -2.15. The summed E-state index contributed by atoms with van der Waals surface area (Å²) in [6.45, 7) is 2.28. The normalized spacial score (nSPS) is 26.6. The van der Waals surface area contributed by atoms with Crippen molar-refractivity contribution in [3.05, 3.63) is 47.3 Å². The van der Waals surface area contributed by atoms with Crippen LogP contribution in [0.4, 0.5) is 13.2 Å². The van der Waals surface area contributed by atoms with Crippen molar-refractivity contribution in [1.82, 2.24) is 0 Å². The van der Waals surface area contributed by atoms with Crippen molar-refractivity contribution in [3.8, 4) is 0 Å². The van der Waals surface area contributed by atoms with Gasteiger partial charge in [-0.05, 0) is 92.7 Å². The van der Waals surface area contributed by atoms with Gasteiger partial charge in [-0.3, -0.25) is 0 Å². The fraction of sp³-hybridized carbons (Fsp3) is 0.724. The molecule has 0 nitrogen and oxygen atoms in total. The molecule has 0 spiro atoms. The first kappa shape index (κ1) is 25.4. The molecule has 0 heterocycles. The van der Waals surface area contributed by atoms with Gasteiger partial charge in [0.1, 0.15) is 0 Å². The molecular formula is C29H43F3. The highest BCUT2D eigenvalue weighted by Gasteiger charge is 2.24. The van der Waals surface area contributed by atoms with Crippen molar-refractivity contribution in [2.24, 2.45) is 17.8 Å². The summed E-state index contributed by atoms with van der Waals surface area (Å²) in [5, 5.41) is 0. The molecule has 0 radical (unpaired) electrons. The van der Waals surface area contributed by atoms with E-state index in [0.717, 1.165) is 37.5 Å². The summed E-state index contributed by atoms with van der Waals surface area (Å²) < 4.78 is 40.3. The lowest BCUT2D eigenvalue weighted by molar-refractivity contribution is 0.287. The van der Waals surface area contributed by atoms with Gasteiger partial charge in [-0.15, -0.1) is 0 Å². The number of benzene rings is 1. The Hall–Kier alpha value is -1.25. The maximum Gasteiger partial charge on any atom is 0.194 e. The summed E-state index contributed by atoms with van der Waals surface area (Å²) in [5.41, 5.74) is 0.614. The lowest BCUT2D eigenvalue weighted by Gasteiger charge is -2.29.